The maximum Gasteiger partial charge on any atom is 0.195 e. The van der Waals surface area contributed by atoms with Crippen LogP contribution in [-0.2, 0) is 0 Å². The quantitative estimate of drug-likeness (QED) is 0.232. The van der Waals surface area contributed by atoms with E-state index < -0.39 is 0 Å². The highest BCUT2D eigenvalue weighted by molar-refractivity contribution is 5.94. The van der Waals surface area contributed by atoms with Crippen LogP contribution in [0.3, 0.4) is 0 Å². The van der Waals surface area contributed by atoms with Crippen molar-refractivity contribution in [1.82, 2.24) is 10.6 Å². The minimum absolute atomic E-state index is 0.0602. The molecule has 0 aliphatic heterocycles. The number of hydrogen-bond acceptors (Lipinski definition) is 2. The maximum absolute atomic E-state index is 6.98. The van der Waals surface area contributed by atoms with Gasteiger partial charge < -0.3 is 11.1 Å². The molecular weight excluding hydrogens is 118 g/mol. The average Bonchev–Trinajstić information content (AvgIpc) is 1.63. The first kappa shape index (κ1) is 7.74. The third-order valence-corrected chi connectivity index (χ3v) is 0.613. The van der Waals surface area contributed by atoms with E-state index in [2.05, 4.69) is 10.6 Å². The van der Waals surface area contributed by atoms with Gasteiger partial charge in [0.25, 0.3) is 0 Å². The van der Waals surface area contributed by atoms with E-state index in [0.717, 1.165) is 0 Å². The topological polar surface area (TPSA) is 97.8 Å². The Morgan fingerprint density at radius 3 is 2.44 bits per heavy atom. The van der Waals surface area contributed by atoms with Crippen molar-refractivity contribution in [3.8, 4) is 0 Å². The maximum atomic E-state index is 6.98. The monoisotopic (exact) mass is 129 g/mol. The molecule has 0 fully saturated rings. The molecule has 0 heterocycles. The van der Waals surface area contributed by atoms with Crippen molar-refractivity contribution in [2.45, 2.75) is 6.92 Å². The van der Waals surface area contributed by atoms with Gasteiger partial charge in [-0.1, -0.05) is 0 Å². The summed E-state index contributed by atoms with van der Waals surface area (Å²) in [6.45, 7) is 2.51. The Morgan fingerprint density at radius 2 is 2.11 bits per heavy atom. The highest BCUT2D eigenvalue weighted by Gasteiger charge is 1.90. The Bertz CT molecular complexity index is 118. The van der Waals surface area contributed by atoms with E-state index in [9.17, 15) is 0 Å². The molecular formula is C4H11N5. The van der Waals surface area contributed by atoms with Crippen LogP contribution in [0.4, 0.5) is 0 Å². The largest absolute Gasteiger partial charge is 0.370 e. The third kappa shape index (κ3) is 4.60. The Labute approximate surface area is 53.6 Å². The van der Waals surface area contributed by atoms with Crippen LogP contribution >= 0.6 is 0 Å². The van der Waals surface area contributed by atoms with Gasteiger partial charge in [-0.15, -0.1) is 0 Å². The fraction of sp³-hybridized carbons (Fsp3) is 0.500. The van der Waals surface area contributed by atoms with E-state index in [0.29, 0.717) is 6.54 Å². The van der Waals surface area contributed by atoms with Gasteiger partial charge in [0.15, 0.2) is 11.9 Å². The zero-order valence-electron chi connectivity index (χ0n) is 5.28. The SMILES string of the molecule is CCNC(=N)NC(=N)N. The summed E-state index contributed by atoms with van der Waals surface area (Å²) in [4.78, 5) is 0. The zero-order chi connectivity index (χ0) is 7.28. The fourth-order valence-electron chi connectivity index (χ4n) is 0.356. The number of guanidine groups is 2. The molecule has 0 radical (unpaired) electrons. The predicted octanol–water partition coefficient (Wildman–Crippen LogP) is -0.986. The first-order valence-electron chi connectivity index (χ1n) is 2.60. The first-order valence-corrected chi connectivity index (χ1v) is 2.60. The van der Waals surface area contributed by atoms with Gasteiger partial charge >= 0.3 is 0 Å². The number of rotatable bonds is 1. The molecule has 52 valence electrons. The fourth-order valence-corrected chi connectivity index (χ4v) is 0.356. The second-order valence-corrected chi connectivity index (χ2v) is 1.44. The van der Waals surface area contributed by atoms with Gasteiger partial charge in [-0.05, 0) is 6.92 Å². The van der Waals surface area contributed by atoms with Crippen molar-refractivity contribution >= 4 is 11.9 Å². The molecule has 0 aromatic rings. The third-order valence-electron chi connectivity index (χ3n) is 0.613. The standard InChI is InChI=1S/C4H11N5/c1-2-8-4(7)9-3(5)6/h2H2,1H3,(H6,5,6,7,8,9). The molecule has 0 spiro atoms. The van der Waals surface area contributed by atoms with Gasteiger partial charge in [-0.25, -0.2) is 0 Å². The second-order valence-electron chi connectivity index (χ2n) is 1.44. The molecule has 0 bridgehead atoms. The Kier molecular flexibility index (Phi) is 3.19. The summed E-state index contributed by atoms with van der Waals surface area (Å²) >= 11 is 0. The molecule has 0 aromatic carbocycles. The highest BCUT2D eigenvalue weighted by Crippen LogP contribution is 1.56. The van der Waals surface area contributed by atoms with Gasteiger partial charge in [0.2, 0.25) is 0 Å². The molecule has 0 aliphatic carbocycles. The van der Waals surface area contributed by atoms with Crippen LogP contribution in [0.2, 0.25) is 0 Å². The summed E-state index contributed by atoms with van der Waals surface area (Å²) in [5, 5.41) is 18.6. The van der Waals surface area contributed by atoms with Crippen LogP contribution in [0, 0.1) is 10.8 Å². The van der Waals surface area contributed by atoms with Crippen LogP contribution in [-0.4, -0.2) is 18.5 Å². The minimum atomic E-state index is -0.221. The van der Waals surface area contributed by atoms with Crippen molar-refractivity contribution in [2.24, 2.45) is 5.73 Å². The van der Waals surface area contributed by atoms with Crippen molar-refractivity contribution in [1.29, 1.82) is 10.8 Å². The number of nitrogens with one attached hydrogen (secondary N) is 4. The van der Waals surface area contributed by atoms with Crippen molar-refractivity contribution in [2.75, 3.05) is 6.54 Å². The molecule has 0 aromatic heterocycles. The van der Waals surface area contributed by atoms with Gasteiger partial charge in [0.05, 0.1) is 0 Å². The highest BCUT2D eigenvalue weighted by atomic mass is 15.2. The van der Waals surface area contributed by atoms with E-state index in [1.54, 1.807) is 0 Å². The molecule has 0 saturated carbocycles. The number of nitrogens with two attached hydrogens (primary N) is 1. The van der Waals surface area contributed by atoms with Crippen LogP contribution < -0.4 is 16.4 Å². The number of hydrogen-bond donors (Lipinski definition) is 5. The molecule has 0 amide bonds. The lowest BCUT2D eigenvalue weighted by molar-refractivity contribution is 0.920. The Hall–Kier alpha value is -1.26. The summed E-state index contributed by atoms with van der Waals surface area (Å²) in [6.07, 6.45) is 0. The lowest BCUT2D eigenvalue weighted by Crippen LogP contribution is -2.43. The average molecular weight is 129 g/mol. The van der Waals surface area contributed by atoms with Gasteiger partial charge in [0.1, 0.15) is 0 Å². The normalized spacial score (nSPS) is 8.11. The summed E-state index contributed by atoms with van der Waals surface area (Å²) in [5.74, 6) is -0.161. The van der Waals surface area contributed by atoms with Gasteiger partial charge in [0, 0.05) is 6.54 Å². The van der Waals surface area contributed by atoms with Crippen LogP contribution in [0.25, 0.3) is 0 Å². The lowest BCUT2D eigenvalue weighted by Gasteiger charge is -2.04. The van der Waals surface area contributed by atoms with E-state index in [-0.39, 0.29) is 11.9 Å². The van der Waals surface area contributed by atoms with Gasteiger partial charge in [-0.3, -0.25) is 16.1 Å². The molecule has 9 heavy (non-hydrogen) atoms. The summed E-state index contributed by atoms with van der Waals surface area (Å²) < 4.78 is 0. The molecule has 0 unspecified atom stereocenters. The van der Waals surface area contributed by atoms with E-state index in [1.165, 1.54) is 0 Å². The molecule has 0 aliphatic rings. The van der Waals surface area contributed by atoms with E-state index >= 15 is 0 Å². The Morgan fingerprint density at radius 1 is 1.56 bits per heavy atom. The summed E-state index contributed by atoms with van der Waals surface area (Å²) in [7, 11) is 0. The van der Waals surface area contributed by atoms with Crippen LogP contribution in [0.5, 0.6) is 0 Å². The Balaban J connectivity index is 3.39. The first-order chi connectivity index (χ1) is 4.16. The van der Waals surface area contributed by atoms with E-state index in [4.69, 9.17) is 16.6 Å². The van der Waals surface area contributed by atoms with Crippen LogP contribution in [0.15, 0.2) is 0 Å². The predicted molar refractivity (Wildman–Crippen MR) is 36.5 cm³/mol. The molecule has 0 atom stereocenters. The molecule has 0 saturated heterocycles. The molecule has 0 rings (SSSR count). The van der Waals surface area contributed by atoms with Crippen molar-refractivity contribution in [3.05, 3.63) is 0 Å². The van der Waals surface area contributed by atoms with E-state index in [1.807, 2.05) is 6.92 Å². The van der Waals surface area contributed by atoms with Crippen molar-refractivity contribution < 1.29 is 0 Å². The lowest BCUT2D eigenvalue weighted by atomic mass is 10.7. The minimum Gasteiger partial charge on any atom is -0.370 e. The molecule has 6 N–H and O–H groups in total. The zero-order valence-corrected chi connectivity index (χ0v) is 5.28. The second kappa shape index (κ2) is 3.71. The van der Waals surface area contributed by atoms with Gasteiger partial charge in [-0.2, -0.15) is 0 Å². The smallest absolute Gasteiger partial charge is 0.195 e. The molecule has 5 nitrogen and oxygen atoms in total. The summed E-state index contributed by atoms with van der Waals surface area (Å²) in [6, 6.07) is 0. The molecule has 5 heteroatoms. The van der Waals surface area contributed by atoms with Crippen molar-refractivity contribution in [3.63, 3.8) is 0 Å². The summed E-state index contributed by atoms with van der Waals surface area (Å²) in [5.41, 5.74) is 4.91. The van der Waals surface area contributed by atoms with Crippen LogP contribution in [0.1, 0.15) is 6.92 Å².